The van der Waals surface area contributed by atoms with Crippen LogP contribution in [0, 0.1) is 0 Å². The number of rotatable bonds is 7. The van der Waals surface area contributed by atoms with Crippen molar-refractivity contribution in [1.29, 1.82) is 0 Å². The van der Waals surface area contributed by atoms with Crippen LogP contribution in [-0.4, -0.2) is 24.9 Å². The monoisotopic (exact) mass is 366 g/mol. The van der Waals surface area contributed by atoms with Crippen molar-refractivity contribution >= 4 is 39.6 Å². The molecular formula is C21H22N2O2S. The lowest BCUT2D eigenvalue weighted by molar-refractivity contribution is -0.118. The zero-order valence-corrected chi connectivity index (χ0v) is 15.6. The predicted molar refractivity (Wildman–Crippen MR) is 108 cm³/mol. The molecule has 0 aliphatic heterocycles. The van der Waals surface area contributed by atoms with E-state index < -0.39 is 0 Å². The minimum Gasteiger partial charge on any atom is -0.351 e. The summed E-state index contributed by atoms with van der Waals surface area (Å²) < 4.78 is 0. The van der Waals surface area contributed by atoms with E-state index >= 15 is 0 Å². The van der Waals surface area contributed by atoms with E-state index in [0.717, 1.165) is 16.5 Å². The molecule has 0 bridgehead atoms. The number of hydrogen-bond donors (Lipinski definition) is 1. The van der Waals surface area contributed by atoms with Crippen molar-refractivity contribution in [3.8, 4) is 0 Å². The van der Waals surface area contributed by atoms with Crippen molar-refractivity contribution in [2.24, 2.45) is 0 Å². The van der Waals surface area contributed by atoms with Crippen LogP contribution in [0.25, 0.3) is 10.8 Å². The van der Waals surface area contributed by atoms with Crippen LogP contribution in [0.15, 0.2) is 60.0 Å². The van der Waals surface area contributed by atoms with Crippen LogP contribution < -0.4 is 10.2 Å². The largest absolute Gasteiger partial charge is 0.351 e. The van der Waals surface area contributed by atoms with Crippen LogP contribution in [0.1, 0.15) is 29.4 Å². The Balaban J connectivity index is 1.55. The van der Waals surface area contributed by atoms with Gasteiger partial charge in [0.05, 0.1) is 4.88 Å². The zero-order valence-electron chi connectivity index (χ0n) is 14.8. The summed E-state index contributed by atoms with van der Waals surface area (Å²) in [6, 6.07) is 17.9. The number of fused-ring (bicyclic) bond motifs is 1. The van der Waals surface area contributed by atoms with E-state index in [1.54, 1.807) is 11.0 Å². The number of amides is 2. The molecule has 0 spiro atoms. The standard InChI is InChI=1S/C21H22N2O2S/c1-2-23(18-12-11-16-7-3-4-8-17(16)15-18)20(24)10-5-13-22-21(25)19-9-6-14-26-19/h3-4,6-9,11-12,14-15H,2,5,10,13H2,1H3,(H,22,25). The van der Waals surface area contributed by atoms with Crippen molar-refractivity contribution in [3.05, 3.63) is 64.9 Å². The highest BCUT2D eigenvalue weighted by Gasteiger charge is 2.14. The molecule has 0 saturated carbocycles. The van der Waals surface area contributed by atoms with Crippen LogP contribution in [0.3, 0.4) is 0 Å². The van der Waals surface area contributed by atoms with E-state index in [2.05, 4.69) is 23.5 Å². The van der Waals surface area contributed by atoms with Crippen LogP contribution in [0.4, 0.5) is 5.69 Å². The molecule has 3 rings (SSSR count). The maximum atomic E-state index is 12.6. The lowest BCUT2D eigenvalue weighted by Gasteiger charge is -2.21. The van der Waals surface area contributed by atoms with Crippen molar-refractivity contribution < 1.29 is 9.59 Å². The third-order valence-corrected chi connectivity index (χ3v) is 5.13. The van der Waals surface area contributed by atoms with Gasteiger partial charge in [-0.25, -0.2) is 0 Å². The lowest BCUT2D eigenvalue weighted by Crippen LogP contribution is -2.31. The van der Waals surface area contributed by atoms with E-state index in [1.807, 2.05) is 42.6 Å². The minimum atomic E-state index is -0.0747. The van der Waals surface area contributed by atoms with Crippen molar-refractivity contribution in [1.82, 2.24) is 5.32 Å². The Bertz CT molecular complexity index is 890. The van der Waals surface area contributed by atoms with Gasteiger partial charge in [-0.15, -0.1) is 11.3 Å². The summed E-state index contributed by atoms with van der Waals surface area (Å²) >= 11 is 1.41. The highest BCUT2D eigenvalue weighted by atomic mass is 32.1. The molecule has 3 aromatic rings. The molecule has 0 aliphatic carbocycles. The molecule has 26 heavy (non-hydrogen) atoms. The topological polar surface area (TPSA) is 49.4 Å². The van der Waals surface area contributed by atoms with Gasteiger partial charge in [-0.3, -0.25) is 9.59 Å². The second kappa shape index (κ2) is 8.63. The smallest absolute Gasteiger partial charge is 0.261 e. The first-order valence-corrected chi connectivity index (χ1v) is 9.68. The summed E-state index contributed by atoms with van der Waals surface area (Å²) in [6.07, 6.45) is 1.03. The fourth-order valence-electron chi connectivity index (χ4n) is 2.92. The van der Waals surface area contributed by atoms with Gasteiger partial charge < -0.3 is 10.2 Å². The molecule has 0 radical (unpaired) electrons. The number of benzene rings is 2. The maximum Gasteiger partial charge on any atom is 0.261 e. The molecule has 1 N–H and O–H groups in total. The highest BCUT2D eigenvalue weighted by Crippen LogP contribution is 2.22. The second-order valence-corrected chi connectivity index (χ2v) is 6.95. The van der Waals surface area contributed by atoms with Crippen LogP contribution in [0.5, 0.6) is 0 Å². The third kappa shape index (κ3) is 4.29. The average molecular weight is 366 g/mol. The van der Waals surface area contributed by atoms with E-state index in [-0.39, 0.29) is 11.8 Å². The minimum absolute atomic E-state index is 0.0747. The molecule has 1 heterocycles. The lowest BCUT2D eigenvalue weighted by atomic mass is 10.1. The van der Waals surface area contributed by atoms with Crippen LogP contribution in [0.2, 0.25) is 0 Å². The Labute approximate surface area is 157 Å². The molecule has 0 fully saturated rings. The fraction of sp³-hybridized carbons (Fsp3) is 0.238. The molecule has 4 nitrogen and oxygen atoms in total. The van der Waals surface area contributed by atoms with Gasteiger partial charge in [0.15, 0.2) is 0 Å². The Kier molecular flexibility index (Phi) is 6.02. The quantitative estimate of drug-likeness (QED) is 0.628. The first-order chi connectivity index (χ1) is 12.7. The third-order valence-electron chi connectivity index (χ3n) is 4.26. The van der Waals surface area contributed by atoms with Crippen molar-refractivity contribution in [3.63, 3.8) is 0 Å². The molecular weight excluding hydrogens is 344 g/mol. The number of nitrogens with zero attached hydrogens (tertiary/aromatic N) is 1. The Hall–Kier alpha value is -2.66. The molecule has 0 saturated heterocycles. The molecule has 2 aromatic carbocycles. The number of carbonyl (C=O) groups excluding carboxylic acids is 2. The van der Waals surface area contributed by atoms with Gasteiger partial charge in [0.2, 0.25) is 5.91 Å². The first-order valence-electron chi connectivity index (χ1n) is 8.80. The van der Waals surface area contributed by atoms with E-state index in [1.165, 1.54) is 11.3 Å². The zero-order chi connectivity index (χ0) is 18.4. The Morgan fingerprint density at radius 3 is 2.58 bits per heavy atom. The van der Waals surface area contributed by atoms with Crippen LogP contribution >= 0.6 is 11.3 Å². The number of carbonyl (C=O) groups is 2. The van der Waals surface area contributed by atoms with Gasteiger partial charge in [-0.1, -0.05) is 36.4 Å². The summed E-state index contributed by atoms with van der Waals surface area (Å²) in [7, 11) is 0. The maximum absolute atomic E-state index is 12.6. The number of anilines is 1. The van der Waals surface area contributed by atoms with Gasteiger partial charge >= 0.3 is 0 Å². The van der Waals surface area contributed by atoms with E-state index in [9.17, 15) is 9.59 Å². The van der Waals surface area contributed by atoms with Crippen LogP contribution in [-0.2, 0) is 4.79 Å². The van der Waals surface area contributed by atoms with Gasteiger partial charge in [-0.2, -0.15) is 0 Å². The first kappa shape index (κ1) is 18.1. The van der Waals surface area contributed by atoms with Gasteiger partial charge in [0.25, 0.3) is 5.91 Å². The predicted octanol–water partition coefficient (Wildman–Crippen LogP) is 4.46. The highest BCUT2D eigenvalue weighted by molar-refractivity contribution is 7.12. The fourth-order valence-corrected chi connectivity index (χ4v) is 3.56. The molecule has 1 aromatic heterocycles. The average Bonchev–Trinajstić information content (AvgIpc) is 3.20. The summed E-state index contributed by atoms with van der Waals surface area (Å²) in [5.74, 6) is 0.00230. The van der Waals surface area contributed by atoms with Gasteiger partial charge in [0.1, 0.15) is 0 Å². The molecule has 0 atom stereocenters. The molecule has 5 heteroatoms. The second-order valence-electron chi connectivity index (χ2n) is 6.01. The molecule has 0 aliphatic rings. The molecule has 134 valence electrons. The summed E-state index contributed by atoms with van der Waals surface area (Å²) in [6.45, 7) is 3.10. The molecule has 2 amide bonds. The number of thiophene rings is 1. The van der Waals surface area contributed by atoms with E-state index in [0.29, 0.717) is 30.8 Å². The summed E-state index contributed by atoms with van der Waals surface area (Å²) in [5.41, 5.74) is 0.916. The molecule has 0 unspecified atom stereocenters. The van der Waals surface area contributed by atoms with Gasteiger partial charge in [0, 0.05) is 25.2 Å². The van der Waals surface area contributed by atoms with E-state index in [4.69, 9.17) is 0 Å². The number of hydrogen-bond acceptors (Lipinski definition) is 3. The summed E-state index contributed by atoms with van der Waals surface area (Å²) in [4.78, 5) is 27.0. The summed E-state index contributed by atoms with van der Waals surface area (Å²) in [5, 5.41) is 7.03. The SMILES string of the molecule is CCN(C(=O)CCCNC(=O)c1cccs1)c1ccc2ccccc2c1. The van der Waals surface area contributed by atoms with Gasteiger partial charge in [-0.05, 0) is 47.7 Å². The number of nitrogens with one attached hydrogen (secondary N) is 1. The Morgan fingerprint density at radius 1 is 1.04 bits per heavy atom. The van der Waals surface area contributed by atoms with Crippen molar-refractivity contribution in [2.75, 3.05) is 18.0 Å². The van der Waals surface area contributed by atoms with Crippen molar-refractivity contribution in [2.45, 2.75) is 19.8 Å². The normalized spacial score (nSPS) is 10.7. The Morgan fingerprint density at radius 2 is 1.85 bits per heavy atom.